The lowest BCUT2D eigenvalue weighted by Gasteiger charge is -2.37. The number of aliphatic hydroxyl groups excluding tert-OH is 1. The lowest BCUT2D eigenvalue weighted by Crippen LogP contribution is -2.49. The smallest absolute Gasteiger partial charge is 0.259 e. The van der Waals surface area contributed by atoms with Crippen LogP contribution >= 0.6 is 0 Å². The zero-order chi connectivity index (χ0) is 25.5. The molecular weight excluding hydrogens is 454 g/mol. The first-order chi connectivity index (χ1) is 17.4. The summed E-state index contributed by atoms with van der Waals surface area (Å²) in [6.45, 7) is 5.58. The summed E-state index contributed by atoms with van der Waals surface area (Å²) in [5.41, 5.74) is 2.67. The number of likely N-dealkylation sites (N-methyl/N-ethyl adjacent to an activating group) is 1. The van der Waals surface area contributed by atoms with E-state index in [2.05, 4.69) is 38.6 Å². The van der Waals surface area contributed by atoms with E-state index in [1.54, 1.807) is 29.6 Å². The Morgan fingerprint density at radius 1 is 1.19 bits per heavy atom. The van der Waals surface area contributed by atoms with Crippen molar-refractivity contribution in [2.75, 3.05) is 26.7 Å². The fourth-order valence-corrected chi connectivity index (χ4v) is 4.14. The maximum Gasteiger partial charge on any atom is 0.259 e. The number of ether oxygens (including phenoxy) is 1. The van der Waals surface area contributed by atoms with E-state index in [-0.39, 0.29) is 36.5 Å². The van der Waals surface area contributed by atoms with E-state index in [0.29, 0.717) is 29.9 Å². The van der Waals surface area contributed by atoms with Crippen LogP contribution in [0.4, 0.5) is 0 Å². The minimum Gasteiger partial charge on any atom is -0.472 e. The van der Waals surface area contributed by atoms with Crippen LogP contribution in [0, 0.1) is 17.8 Å². The van der Waals surface area contributed by atoms with Crippen LogP contribution in [0.25, 0.3) is 0 Å². The van der Waals surface area contributed by atoms with Gasteiger partial charge < -0.3 is 14.7 Å². The summed E-state index contributed by atoms with van der Waals surface area (Å²) in [5, 5.41) is 9.86. The summed E-state index contributed by atoms with van der Waals surface area (Å²) in [6, 6.07) is 10.9. The largest absolute Gasteiger partial charge is 0.472 e. The van der Waals surface area contributed by atoms with Crippen LogP contribution in [0.15, 0.2) is 61.2 Å². The molecule has 8 heteroatoms. The molecule has 0 saturated carbocycles. The van der Waals surface area contributed by atoms with Crippen molar-refractivity contribution in [3.63, 3.8) is 0 Å². The van der Waals surface area contributed by atoms with Crippen molar-refractivity contribution >= 4 is 5.91 Å². The molecule has 1 aliphatic rings. The van der Waals surface area contributed by atoms with Gasteiger partial charge in [0.15, 0.2) is 0 Å². The number of hydrogen-bond donors (Lipinski definition) is 1. The van der Waals surface area contributed by atoms with Crippen LogP contribution in [0.1, 0.15) is 41.0 Å². The molecule has 0 aliphatic carbocycles. The Bertz CT molecular complexity index is 1230. The van der Waals surface area contributed by atoms with Crippen molar-refractivity contribution in [1.82, 2.24) is 24.8 Å². The van der Waals surface area contributed by atoms with E-state index in [9.17, 15) is 9.90 Å². The highest BCUT2D eigenvalue weighted by molar-refractivity contribution is 5.97. The Balaban J connectivity index is 1.63. The predicted molar refractivity (Wildman–Crippen MR) is 136 cm³/mol. The maximum atomic E-state index is 13.5. The topological polar surface area (TPSA) is 91.7 Å². The van der Waals surface area contributed by atoms with Crippen molar-refractivity contribution in [3.05, 3.63) is 83.6 Å². The molecule has 0 radical (unpaired) electrons. The second kappa shape index (κ2) is 11.8. The number of amides is 1. The molecule has 0 saturated heterocycles. The van der Waals surface area contributed by atoms with Gasteiger partial charge in [0.2, 0.25) is 5.88 Å². The van der Waals surface area contributed by atoms with E-state index < -0.39 is 0 Å². The zero-order valence-corrected chi connectivity index (χ0v) is 20.8. The fourth-order valence-electron chi connectivity index (χ4n) is 4.14. The molecule has 0 spiro atoms. The van der Waals surface area contributed by atoms with Crippen molar-refractivity contribution in [3.8, 4) is 17.7 Å². The third-order valence-corrected chi connectivity index (χ3v) is 6.19. The number of fused-ring (bicyclic) bond motifs is 1. The van der Waals surface area contributed by atoms with Crippen LogP contribution in [0.2, 0.25) is 0 Å². The van der Waals surface area contributed by atoms with Gasteiger partial charge >= 0.3 is 0 Å². The molecule has 0 unspecified atom stereocenters. The van der Waals surface area contributed by atoms with Crippen LogP contribution in [-0.2, 0) is 6.54 Å². The molecule has 186 valence electrons. The van der Waals surface area contributed by atoms with Crippen molar-refractivity contribution in [1.29, 1.82) is 0 Å². The lowest BCUT2D eigenvalue weighted by atomic mass is 9.99. The second-order valence-electron chi connectivity index (χ2n) is 9.22. The van der Waals surface area contributed by atoms with Gasteiger partial charge in [0.25, 0.3) is 5.91 Å². The molecule has 1 amide bonds. The Morgan fingerprint density at radius 2 is 2.06 bits per heavy atom. The Morgan fingerprint density at radius 3 is 2.78 bits per heavy atom. The average molecular weight is 486 g/mol. The molecule has 0 bridgehead atoms. The first-order valence-corrected chi connectivity index (χ1v) is 12.0. The van der Waals surface area contributed by atoms with Gasteiger partial charge in [-0.05, 0) is 49.7 Å². The molecular formula is C28H31N5O3. The molecule has 1 N–H and O–H groups in total. The number of carbonyl (C=O) groups excluding carboxylic acids is 1. The number of aliphatic hydroxyl groups is 1. The molecule has 3 atom stereocenters. The normalized spacial score (nSPS) is 18.4. The van der Waals surface area contributed by atoms with E-state index in [1.165, 1.54) is 0 Å². The average Bonchev–Trinajstić information content (AvgIpc) is 2.90. The maximum absolute atomic E-state index is 13.5. The quantitative estimate of drug-likeness (QED) is 0.537. The Labute approximate surface area is 212 Å². The predicted octanol–water partition coefficient (Wildman–Crippen LogP) is 2.62. The monoisotopic (exact) mass is 485 g/mol. The molecule has 36 heavy (non-hydrogen) atoms. The van der Waals surface area contributed by atoms with Crippen LogP contribution < -0.4 is 4.74 Å². The molecule has 3 aromatic heterocycles. The molecule has 3 aromatic rings. The summed E-state index contributed by atoms with van der Waals surface area (Å²) in [6.07, 6.45) is 6.69. The summed E-state index contributed by atoms with van der Waals surface area (Å²) >= 11 is 0. The first kappa shape index (κ1) is 25.3. The molecule has 1 aliphatic heterocycles. The van der Waals surface area contributed by atoms with Gasteiger partial charge in [-0.25, -0.2) is 9.97 Å². The minimum absolute atomic E-state index is 0.0119. The number of nitrogens with zero attached hydrogens (tertiary/aromatic N) is 5. The standard InChI is InChI=1S/C28H31N5O3/c1-20-16-33(21(2)19-34)28(35)25-13-22(9-10-24-8-4-5-12-30-24)15-31-27(25)36-26(20)18-32(3)17-23-7-6-11-29-14-23/h4-8,11-15,20-21,26,34H,16-19H2,1-3H3/t20-,21+,26-/m0/s1. The van der Waals surface area contributed by atoms with Crippen molar-refractivity contribution < 1.29 is 14.6 Å². The number of hydrogen-bond acceptors (Lipinski definition) is 7. The summed E-state index contributed by atoms with van der Waals surface area (Å²) < 4.78 is 6.37. The Hall–Kier alpha value is -3.80. The number of aromatic nitrogens is 3. The molecule has 8 nitrogen and oxygen atoms in total. The van der Waals surface area contributed by atoms with Gasteiger partial charge in [-0.1, -0.05) is 25.0 Å². The third kappa shape index (κ3) is 6.25. The summed E-state index contributed by atoms with van der Waals surface area (Å²) in [4.78, 5) is 30.3. The molecule has 0 aromatic carbocycles. The van der Waals surface area contributed by atoms with Gasteiger partial charge in [0.1, 0.15) is 17.4 Å². The van der Waals surface area contributed by atoms with Crippen LogP contribution in [0.5, 0.6) is 5.88 Å². The minimum atomic E-state index is -0.345. The first-order valence-electron chi connectivity index (χ1n) is 12.0. The molecule has 0 fully saturated rings. The SMILES string of the molecule is C[C@H](CO)N1C[C@H](C)[C@H](CN(C)Cc2cccnc2)Oc2ncc(C#Cc3ccccn3)cc2C1=O. The van der Waals surface area contributed by atoms with Gasteiger partial charge in [0, 0.05) is 55.9 Å². The highest BCUT2D eigenvalue weighted by atomic mass is 16.5. The third-order valence-electron chi connectivity index (χ3n) is 6.19. The van der Waals surface area contributed by atoms with Crippen LogP contribution in [-0.4, -0.2) is 74.7 Å². The van der Waals surface area contributed by atoms with Crippen LogP contribution in [0.3, 0.4) is 0 Å². The summed E-state index contributed by atoms with van der Waals surface area (Å²) in [7, 11) is 2.03. The highest BCUT2D eigenvalue weighted by Crippen LogP contribution is 2.27. The fraction of sp³-hybridized carbons (Fsp3) is 0.357. The van der Waals surface area contributed by atoms with E-state index in [1.807, 2.05) is 50.5 Å². The van der Waals surface area contributed by atoms with Gasteiger partial charge in [-0.3, -0.25) is 14.7 Å². The molecule has 4 heterocycles. The number of carbonyl (C=O) groups is 1. The van der Waals surface area contributed by atoms with Gasteiger partial charge in [0.05, 0.1) is 12.6 Å². The van der Waals surface area contributed by atoms with Gasteiger partial charge in [-0.15, -0.1) is 0 Å². The number of rotatable bonds is 6. The van der Waals surface area contributed by atoms with Crippen molar-refractivity contribution in [2.24, 2.45) is 5.92 Å². The highest BCUT2D eigenvalue weighted by Gasteiger charge is 2.34. The van der Waals surface area contributed by atoms with E-state index >= 15 is 0 Å². The molecule has 4 rings (SSSR count). The Kier molecular flexibility index (Phi) is 8.26. The van der Waals surface area contributed by atoms with E-state index in [0.717, 1.165) is 12.1 Å². The van der Waals surface area contributed by atoms with E-state index in [4.69, 9.17) is 4.74 Å². The van der Waals surface area contributed by atoms with Crippen molar-refractivity contribution in [2.45, 2.75) is 32.5 Å². The summed E-state index contributed by atoms with van der Waals surface area (Å²) in [5.74, 6) is 6.11. The lowest BCUT2D eigenvalue weighted by molar-refractivity contribution is 0.0325. The zero-order valence-electron chi connectivity index (χ0n) is 20.8. The number of pyridine rings is 3. The van der Waals surface area contributed by atoms with Gasteiger partial charge in [-0.2, -0.15) is 0 Å². The second-order valence-corrected chi connectivity index (χ2v) is 9.22.